The number of carboxylic acids is 1. The predicted molar refractivity (Wildman–Crippen MR) is 132 cm³/mol. The Labute approximate surface area is 215 Å². The first kappa shape index (κ1) is 35.3. The number of carboxylic acid groups (broad SMARTS) is 1. The first-order valence-electron chi connectivity index (χ1n) is 11.1. The SMILES string of the molecule is CC(=O)C1C(=C(C)C)CCC1C.CC(C)=C1CCC(C)C1C(=O)O.CCOCC.[AlH3].[H-].[Li+]. The van der Waals surface area contributed by atoms with Gasteiger partial charge in [-0.3, -0.25) is 9.59 Å². The molecule has 2 fully saturated rings. The van der Waals surface area contributed by atoms with Gasteiger partial charge in [0.05, 0.1) is 5.92 Å². The monoisotopic (exact) mass is 446 g/mol. The molecule has 4 nitrogen and oxygen atoms in total. The van der Waals surface area contributed by atoms with Crippen LogP contribution in [0.3, 0.4) is 0 Å². The minimum Gasteiger partial charge on any atom is -1.00 e. The molecule has 2 aliphatic carbocycles. The first-order chi connectivity index (χ1) is 13.5. The third kappa shape index (κ3) is 11.9. The average Bonchev–Trinajstić information content (AvgIpc) is 3.19. The van der Waals surface area contributed by atoms with Crippen LogP contribution in [0.25, 0.3) is 0 Å². The molecule has 0 amide bonds. The Morgan fingerprint density at radius 2 is 1.23 bits per heavy atom. The third-order valence-corrected chi connectivity index (χ3v) is 6.02. The Morgan fingerprint density at radius 3 is 1.42 bits per heavy atom. The second-order valence-electron chi connectivity index (χ2n) is 8.77. The van der Waals surface area contributed by atoms with Crippen molar-refractivity contribution in [2.75, 3.05) is 13.2 Å². The summed E-state index contributed by atoms with van der Waals surface area (Å²) in [5.74, 6) is 0.581. The standard InChI is InChI=1S/C11H18O.C10H16O2.C4H10O.Al.Li.4H/c1-7(2)10-6-5-8(3)11(10)9(4)12;1-6(2)8-5-4-7(3)9(8)10(11)12;1-3-5-4-2;;;;;;/h8,11H,5-6H2,1-4H3;7,9H,4-5H2,1-3H3,(H,11,12);3-4H2,1-2H3;;;;;;/q;;;;+1;;;;-1. The van der Waals surface area contributed by atoms with Gasteiger partial charge in [-0.15, -0.1) is 0 Å². The van der Waals surface area contributed by atoms with Gasteiger partial charge in [0.2, 0.25) is 0 Å². The van der Waals surface area contributed by atoms with Crippen LogP contribution < -0.4 is 18.9 Å². The molecule has 0 aromatic carbocycles. The quantitative estimate of drug-likeness (QED) is 0.532. The van der Waals surface area contributed by atoms with E-state index >= 15 is 0 Å². The number of Topliss-reactive ketones (excluding diaryl/α,β-unsaturated/α-hetero) is 1. The Hall–Kier alpha value is -0.290. The van der Waals surface area contributed by atoms with Gasteiger partial charge < -0.3 is 11.3 Å². The predicted octanol–water partition coefficient (Wildman–Crippen LogP) is 2.39. The molecule has 176 valence electrons. The molecule has 6 heteroatoms. The summed E-state index contributed by atoms with van der Waals surface area (Å²) in [7, 11) is 0. The van der Waals surface area contributed by atoms with E-state index < -0.39 is 5.97 Å². The molecule has 31 heavy (non-hydrogen) atoms. The topological polar surface area (TPSA) is 63.6 Å². The van der Waals surface area contributed by atoms with Crippen LogP contribution in [-0.2, 0) is 14.3 Å². The van der Waals surface area contributed by atoms with Gasteiger partial charge >= 0.3 is 24.8 Å². The summed E-state index contributed by atoms with van der Waals surface area (Å²) in [5, 5.41) is 8.97. The zero-order valence-corrected chi connectivity index (χ0v) is 21.2. The number of allylic oxidation sites excluding steroid dienone is 3. The normalized spacial score (nSPS) is 23.9. The van der Waals surface area contributed by atoms with Gasteiger partial charge in [0.15, 0.2) is 17.4 Å². The molecular weight excluding hydrogens is 398 g/mol. The Morgan fingerprint density at radius 1 is 0.871 bits per heavy atom. The van der Waals surface area contributed by atoms with Crippen molar-refractivity contribution < 1.29 is 39.7 Å². The number of carbonyl (C=O) groups is 2. The third-order valence-electron chi connectivity index (χ3n) is 6.02. The van der Waals surface area contributed by atoms with E-state index in [1.807, 2.05) is 34.6 Å². The maximum Gasteiger partial charge on any atom is 1.00 e. The van der Waals surface area contributed by atoms with Crippen LogP contribution in [0.15, 0.2) is 22.3 Å². The van der Waals surface area contributed by atoms with Crippen molar-refractivity contribution in [1.82, 2.24) is 0 Å². The number of ketones is 1. The van der Waals surface area contributed by atoms with Crippen LogP contribution in [0.5, 0.6) is 0 Å². The molecule has 0 aromatic heterocycles. The van der Waals surface area contributed by atoms with Crippen LogP contribution >= 0.6 is 0 Å². The minimum atomic E-state index is -0.656. The molecule has 0 saturated heterocycles. The minimum absolute atomic E-state index is 0. The summed E-state index contributed by atoms with van der Waals surface area (Å²) >= 11 is 0. The van der Waals surface area contributed by atoms with Crippen molar-refractivity contribution in [3.63, 3.8) is 0 Å². The summed E-state index contributed by atoms with van der Waals surface area (Å²) in [6, 6.07) is 0. The Bertz CT molecular complexity index is 559. The van der Waals surface area contributed by atoms with Crippen LogP contribution in [-0.4, -0.2) is 47.4 Å². The van der Waals surface area contributed by atoms with E-state index in [1.54, 1.807) is 6.92 Å². The Kier molecular flexibility index (Phi) is 20.7. The van der Waals surface area contributed by atoms with E-state index in [9.17, 15) is 9.59 Å². The average molecular weight is 447 g/mol. The molecule has 2 saturated carbocycles. The van der Waals surface area contributed by atoms with E-state index in [0.29, 0.717) is 17.6 Å². The summed E-state index contributed by atoms with van der Waals surface area (Å²) in [6.07, 6.45) is 4.32. The molecule has 0 spiro atoms. The van der Waals surface area contributed by atoms with Gasteiger partial charge in [-0.2, -0.15) is 0 Å². The molecule has 0 aliphatic heterocycles. The largest absolute Gasteiger partial charge is 1.00 e. The molecule has 0 aromatic rings. The summed E-state index contributed by atoms with van der Waals surface area (Å²) in [5.41, 5.74) is 5.08. The molecule has 4 atom stereocenters. The summed E-state index contributed by atoms with van der Waals surface area (Å²) < 4.78 is 4.83. The number of carbonyl (C=O) groups excluding carboxylic acids is 1. The van der Waals surface area contributed by atoms with Crippen LogP contribution in [0.2, 0.25) is 0 Å². The second kappa shape index (κ2) is 18.2. The zero-order valence-electron chi connectivity index (χ0n) is 22.2. The smallest absolute Gasteiger partial charge is 1.00 e. The van der Waals surface area contributed by atoms with Crippen molar-refractivity contribution in [2.45, 2.75) is 88.0 Å². The van der Waals surface area contributed by atoms with Gasteiger partial charge in [-0.25, -0.2) is 0 Å². The number of aliphatic carboxylic acids is 1. The molecule has 4 unspecified atom stereocenters. The molecule has 2 rings (SSSR count). The van der Waals surface area contributed by atoms with E-state index in [-0.39, 0.29) is 49.5 Å². The molecule has 1 N–H and O–H groups in total. The first-order valence-corrected chi connectivity index (χ1v) is 11.1. The van der Waals surface area contributed by atoms with Crippen LogP contribution in [0.1, 0.15) is 89.4 Å². The number of ether oxygens (including phenoxy) is 1. The molecular formula is C25H48AlLiO4. The van der Waals surface area contributed by atoms with Crippen molar-refractivity contribution in [3.05, 3.63) is 22.3 Å². The fourth-order valence-corrected chi connectivity index (χ4v) is 4.46. The summed E-state index contributed by atoms with van der Waals surface area (Å²) in [4.78, 5) is 22.2. The molecule has 0 heterocycles. The number of hydrogen-bond donors (Lipinski definition) is 1. The molecule has 0 bridgehead atoms. The van der Waals surface area contributed by atoms with Crippen molar-refractivity contribution in [1.29, 1.82) is 0 Å². The summed E-state index contributed by atoms with van der Waals surface area (Å²) in [6.45, 7) is 19.8. The maximum atomic E-state index is 11.3. The van der Waals surface area contributed by atoms with Gasteiger partial charge in [0.25, 0.3) is 0 Å². The molecule has 2 aliphatic rings. The van der Waals surface area contributed by atoms with Crippen molar-refractivity contribution in [3.8, 4) is 0 Å². The van der Waals surface area contributed by atoms with E-state index in [0.717, 1.165) is 38.0 Å². The van der Waals surface area contributed by atoms with Gasteiger partial charge in [-0.05, 0) is 86.0 Å². The zero-order chi connectivity index (χ0) is 22.7. The second-order valence-corrected chi connectivity index (χ2v) is 8.77. The Balaban J connectivity index is -0.000000189. The molecule has 0 radical (unpaired) electrons. The van der Waals surface area contributed by atoms with Crippen LogP contribution in [0.4, 0.5) is 0 Å². The van der Waals surface area contributed by atoms with Gasteiger partial charge in [0.1, 0.15) is 5.78 Å². The number of rotatable bonds is 4. The van der Waals surface area contributed by atoms with Crippen LogP contribution in [0, 0.1) is 23.7 Å². The van der Waals surface area contributed by atoms with Gasteiger partial charge in [0, 0.05) is 19.1 Å². The van der Waals surface area contributed by atoms with E-state index in [1.165, 1.54) is 23.1 Å². The van der Waals surface area contributed by atoms with Crippen molar-refractivity contribution in [2.24, 2.45) is 23.7 Å². The fourth-order valence-electron chi connectivity index (χ4n) is 4.46. The van der Waals surface area contributed by atoms with Gasteiger partial charge in [-0.1, -0.05) is 36.1 Å². The number of hydrogen-bond acceptors (Lipinski definition) is 3. The fraction of sp³-hybridized carbons (Fsp3) is 0.760. The van der Waals surface area contributed by atoms with Crippen molar-refractivity contribution >= 4 is 29.1 Å². The van der Waals surface area contributed by atoms with E-state index in [2.05, 4.69) is 20.8 Å². The van der Waals surface area contributed by atoms with E-state index in [4.69, 9.17) is 9.84 Å². The maximum absolute atomic E-state index is 11.3.